The fourth-order valence-corrected chi connectivity index (χ4v) is 3.44. The summed E-state index contributed by atoms with van der Waals surface area (Å²) in [5, 5.41) is 23.8. The molecular weight excluding hydrogens is 402 g/mol. The average molecular weight is 422 g/mol. The Morgan fingerprint density at radius 2 is 1.83 bits per heavy atom. The van der Waals surface area contributed by atoms with Crippen LogP contribution in [0, 0.1) is 6.92 Å². The van der Waals surface area contributed by atoms with Crippen LogP contribution in [0.25, 0.3) is 11.4 Å². The Bertz CT molecular complexity index is 1060. The number of rotatable bonds is 8. The topological polar surface area (TPSA) is 112 Å². The predicted octanol–water partition coefficient (Wildman–Crippen LogP) is 1.88. The number of hydrogen-bond donors (Lipinski definition) is 1. The minimum absolute atomic E-state index is 0.0811. The van der Waals surface area contributed by atoms with Gasteiger partial charge < -0.3 is 14.5 Å². The van der Waals surface area contributed by atoms with Crippen LogP contribution in [-0.2, 0) is 11.3 Å². The first-order chi connectivity index (χ1) is 14.5. The first-order valence-corrected chi connectivity index (χ1v) is 10.2. The zero-order chi connectivity index (χ0) is 21.5. The lowest BCUT2D eigenvalue weighted by atomic mass is 10.1. The number of aromatic carboxylic acids is 1. The van der Waals surface area contributed by atoms with E-state index in [1.807, 2.05) is 42.7 Å². The van der Waals surface area contributed by atoms with Crippen molar-refractivity contribution in [1.29, 1.82) is 0 Å². The Balaban J connectivity index is 1.57. The number of carbonyl (C=O) groups is 2. The van der Waals surface area contributed by atoms with Crippen molar-refractivity contribution in [2.45, 2.75) is 25.5 Å². The van der Waals surface area contributed by atoms with Crippen LogP contribution in [0.5, 0.6) is 0 Å². The third-order valence-corrected chi connectivity index (χ3v) is 5.19. The molecule has 9 heteroatoms. The third-order valence-electron chi connectivity index (χ3n) is 4.22. The van der Waals surface area contributed by atoms with E-state index in [2.05, 4.69) is 20.7 Å². The van der Waals surface area contributed by atoms with E-state index in [-0.39, 0.29) is 17.2 Å². The summed E-state index contributed by atoms with van der Waals surface area (Å²) in [7, 11) is 0. The number of nitrogens with zero attached hydrogens (tertiary/aromatic N) is 4. The van der Waals surface area contributed by atoms with E-state index in [0.29, 0.717) is 17.3 Å². The Kier molecular flexibility index (Phi) is 6.97. The van der Waals surface area contributed by atoms with Gasteiger partial charge in [0.2, 0.25) is 0 Å². The second kappa shape index (κ2) is 9.84. The number of hydrazone groups is 1. The minimum atomic E-state index is -1.24. The molecule has 30 heavy (non-hydrogen) atoms. The van der Waals surface area contributed by atoms with Crippen LogP contribution >= 0.6 is 11.8 Å². The molecule has 0 bridgehead atoms. The lowest BCUT2D eigenvalue weighted by Crippen LogP contribution is -2.22. The summed E-state index contributed by atoms with van der Waals surface area (Å²) in [6.07, 6.45) is 1.44. The van der Waals surface area contributed by atoms with Crippen molar-refractivity contribution >= 4 is 29.9 Å². The monoisotopic (exact) mass is 422 g/mol. The van der Waals surface area contributed by atoms with Crippen molar-refractivity contribution in [3.63, 3.8) is 0 Å². The number of carbonyl (C=O) groups excluding carboxylic acids is 2. The molecule has 0 unspecified atom stereocenters. The summed E-state index contributed by atoms with van der Waals surface area (Å²) >= 11 is 1.28. The maximum Gasteiger partial charge on any atom is 0.250 e. The van der Waals surface area contributed by atoms with Crippen LogP contribution in [0.3, 0.4) is 0 Å². The Morgan fingerprint density at radius 1 is 1.13 bits per heavy atom. The minimum Gasteiger partial charge on any atom is -0.545 e. The number of carboxylic acids is 1. The van der Waals surface area contributed by atoms with E-state index in [9.17, 15) is 14.7 Å². The van der Waals surface area contributed by atoms with Gasteiger partial charge in [0, 0.05) is 12.1 Å². The van der Waals surface area contributed by atoms with Crippen molar-refractivity contribution < 1.29 is 14.7 Å². The molecule has 0 aliphatic heterocycles. The van der Waals surface area contributed by atoms with Gasteiger partial charge in [-0.25, -0.2) is 5.43 Å². The highest BCUT2D eigenvalue weighted by Crippen LogP contribution is 2.24. The number of hydrogen-bond acceptors (Lipinski definition) is 7. The number of thioether (sulfide) groups is 1. The summed E-state index contributed by atoms with van der Waals surface area (Å²) in [4.78, 5) is 22.8. The molecule has 1 aromatic heterocycles. The molecule has 3 aromatic rings. The molecule has 154 valence electrons. The number of nitrogens with one attached hydrogen (secondary N) is 1. The zero-order valence-electron chi connectivity index (χ0n) is 16.5. The molecule has 2 aromatic carbocycles. The van der Waals surface area contributed by atoms with Crippen LogP contribution in [0.2, 0.25) is 0 Å². The zero-order valence-corrected chi connectivity index (χ0v) is 17.3. The number of benzene rings is 2. The highest BCUT2D eigenvalue weighted by molar-refractivity contribution is 7.99. The molecule has 0 atom stereocenters. The molecule has 0 radical (unpaired) electrons. The standard InChI is InChI=1S/C21H21N5O3S/c1-3-26-19(16-8-4-14(2)5-9-16)24-25-21(26)30-13-18(27)23-22-12-15-6-10-17(11-7-15)20(28)29/h4-12H,3,13H2,1-2H3,(H,23,27)(H,28,29)/p-1. The molecule has 1 N–H and O–H groups in total. The summed E-state index contributed by atoms with van der Waals surface area (Å²) in [6, 6.07) is 14.0. The molecule has 0 saturated carbocycles. The van der Waals surface area contributed by atoms with Crippen molar-refractivity contribution in [2.75, 3.05) is 5.75 Å². The molecular formula is C21H20N5O3S-. The molecule has 1 amide bonds. The van der Waals surface area contributed by atoms with Crippen LogP contribution in [-0.4, -0.2) is 38.6 Å². The van der Waals surface area contributed by atoms with Crippen LogP contribution in [0.1, 0.15) is 28.4 Å². The Morgan fingerprint density at radius 3 is 2.47 bits per heavy atom. The van der Waals surface area contributed by atoms with Gasteiger partial charge in [0.1, 0.15) is 0 Å². The molecule has 8 nitrogen and oxygen atoms in total. The largest absolute Gasteiger partial charge is 0.545 e. The number of aromatic nitrogens is 3. The fourth-order valence-electron chi connectivity index (χ4n) is 2.64. The van der Waals surface area contributed by atoms with Gasteiger partial charge in [0.25, 0.3) is 5.91 Å². The van der Waals surface area contributed by atoms with Gasteiger partial charge in [-0.3, -0.25) is 4.79 Å². The van der Waals surface area contributed by atoms with Gasteiger partial charge in [-0.2, -0.15) is 5.10 Å². The van der Waals surface area contributed by atoms with Crippen molar-refractivity contribution in [1.82, 2.24) is 20.2 Å². The SMILES string of the molecule is CCn1c(SCC(=O)NN=Cc2ccc(C(=O)[O-])cc2)nnc1-c1ccc(C)cc1. The van der Waals surface area contributed by atoms with Crippen molar-refractivity contribution in [3.8, 4) is 11.4 Å². The van der Waals surface area contributed by atoms with Gasteiger partial charge in [0.05, 0.1) is 17.9 Å². The summed E-state index contributed by atoms with van der Waals surface area (Å²) in [5.74, 6) is -0.634. The first kappa shape index (κ1) is 21.3. The molecule has 0 spiro atoms. The molecule has 0 fully saturated rings. The average Bonchev–Trinajstić information content (AvgIpc) is 3.16. The lowest BCUT2D eigenvalue weighted by molar-refractivity contribution is -0.255. The first-order valence-electron chi connectivity index (χ1n) is 9.24. The Hall–Kier alpha value is -3.46. The maximum atomic E-state index is 12.1. The van der Waals surface area contributed by atoms with Gasteiger partial charge in [-0.1, -0.05) is 65.9 Å². The molecule has 0 saturated heterocycles. The van der Waals surface area contributed by atoms with E-state index < -0.39 is 5.97 Å². The normalized spacial score (nSPS) is 11.0. The summed E-state index contributed by atoms with van der Waals surface area (Å²) < 4.78 is 1.96. The maximum absolute atomic E-state index is 12.1. The van der Waals surface area contributed by atoms with E-state index in [1.54, 1.807) is 12.1 Å². The second-order valence-electron chi connectivity index (χ2n) is 6.41. The quantitative estimate of drug-likeness (QED) is 0.337. The molecule has 3 rings (SSSR count). The summed E-state index contributed by atoms with van der Waals surface area (Å²) in [6.45, 7) is 4.71. The van der Waals surface area contributed by atoms with Crippen LogP contribution < -0.4 is 10.5 Å². The smallest absolute Gasteiger partial charge is 0.250 e. The highest BCUT2D eigenvalue weighted by atomic mass is 32.2. The molecule has 1 heterocycles. The van der Waals surface area contributed by atoms with Crippen molar-refractivity contribution in [2.24, 2.45) is 5.10 Å². The van der Waals surface area contributed by atoms with Gasteiger partial charge >= 0.3 is 0 Å². The van der Waals surface area contributed by atoms with E-state index in [1.165, 1.54) is 35.7 Å². The predicted molar refractivity (Wildman–Crippen MR) is 113 cm³/mol. The Labute approximate surface area is 178 Å². The van der Waals surface area contributed by atoms with Crippen LogP contribution in [0.4, 0.5) is 0 Å². The molecule has 0 aliphatic carbocycles. The number of amides is 1. The number of carboxylic acid groups (broad SMARTS) is 1. The number of aryl methyl sites for hydroxylation is 1. The second-order valence-corrected chi connectivity index (χ2v) is 7.35. The van der Waals surface area contributed by atoms with Crippen LogP contribution in [0.15, 0.2) is 58.8 Å². The van der Waals surface area contributed by atoms with Gasteiger partial charge in [0.15, 0.2) is 11.0 Å². The fraction of sp³-hybridized carbons (Fsp3) is 0.190. The van der Waals surface area contributed by atoms with E-state index in [0.717, 1.165) is 11.4 Å². The van der Waals surface area contributed by atoms with E-state index in [4.69, 9.17) is 0 Å². The highest BCUT2D eigenvalue weighted by Gasteiger charge is 2.14. The summed E-state index contributed by atoms with van der Waals surface area (Å²) in [5.41, 5.74) is 5.32. The van der Waals surface area contributed by atoms with E-state index >= 15 is 0 Å². The lowest BCUT2D eigenvalue weighted by Gasteiger charge is -2.07. The van der Waals surface area contributed by atoms with Crippen molar-refractivity contribution in [3.05, 3.63) is 65.2 Å². The van der Waals surface area contributed by atoms with Gasteiger partial charge in [-0.05, 0) is 25.0 Å². The third kappa shape index (κ3) is 5.32. The van der Waals surface area contributed by atoms with Gasteiger partial charge in [-0.15, -0.1) is 10.2 Å². The molecule has 0 aliphatic rings.